The Morgan fingerprint density at radius 1 is 1.23 bits per heavy atom. The number of hydrogen-bond acceptors (Lipinski definition) is 7. The molecule has 3 heterocycles. The van der Waals surface area contributed by atoms with Crippen molar-refractivity contribution in [3.63, 3.8) is 0 Å². The van der Waals surface area contributed by atoms with Crippen LogP contribution >= 0.6 is 0 Å². The van der Waals surface area contributed by atoms with Gasteiger partial charge in [-0.3, -0.25) is 4.79 Å². The molecule has 5 rings (SSSR count). The largest absolute Gasteiger partial charge is 0.494 e. The zero-order valence-corrected chi connectivity index (χ0v) is 16.9. The summed E-state index contributed by atoms with van der Waals surface area (Å²) in [6.07, 6.45) is 2.11. The van der Waals surface area contributed by atoms with Crippen LogP contribution in [0, 0.1) is 5.82 Å². The van der Waals surface area contributed by atoms with Crippen LogP contribution in [0.5, 0.6) is 11.5 Å². The van der Waals surface area contributed by atoms with Gasteiger partial charge in [-0.05, 0) is 31.9 Å². The standard InChI is InChI=1S/C20H19FN4O3.CH3NO/c1-2-26-12-9-14-17-16(10-12)27-6-4-3-5-25(17)19(23-14)11-7-13(21)18-15(8-11)24-20(22)28-18;2-1-3/h7-10H,2-6H2,1H3,(H2,22,24);1H,(H2,2,3). The molecule has 0 atom stereocenters. The maximum absolute atomic E-state index is 14.6. The number of imidazole rings is 1. The Bertz CT molecular complexity index is 1250. The third kappa shape index (κ3) is 3.83. The minimum Gasteiger partial charge on any atom is -0.494 e. The van der Waals surface area contributed by atoms with E-state index in [1.54, 1.807) is 6.07 Å². The number of ether oxygens (including phenoxy) is 2. The minimum absolute atomic E-state index is 0.0488. The molecule has 0 aliphatic carbocycles. The normalized spacial score (nSPS) is 13.1. The average Bonchev–Trinajstić information content (AvgIpc) is 3.26. The van der Waals surface area contributed by atoms with Crippen molar-refractivity contribution in [3.8, 4) is 22.9 Å². The molecule has 0 spiro atoms. The van der Waals surface area contributed by atoms with Crippen LogP contribution < -0.4 is 20.9 Å². The molecule has 0 saturated heterocycles. The Morgan fingerprint density at radius 2 is 2.03 bits per heavy atom. The topological polar surface area (TPSA) is 131 Å². The molecule has 4 N–H and O–H groups in total. The van der Waals surface area contributed by atoms with Gasteiger partial charge in [0.2, 0.25) is 6.41 Å². The van der Waals surface area contributed by atoms with Gasteiger partial charge in [0.1, 0.15) is 28.4 Å². The summed E-state index contributed by atoms with van der Waals surface area (Å²) in [5.74, 6) is 1.56. The SMILES string of the molecule is CCOc1cc2c3c(c1)nc(-c1cc(F)c4oc(N)nc4c1)n3CCCCO2.NC=O. The van der Waals surface area contributed by atoms with E-state index in [0.29, 0.717) is 35.9 Å². The monoisotopic (exact) mass is 427 g/mol. The van der Waals surface area contributed by atoms with Crippen LogP contribution in [0.15, 0.2) is 28.7 Å². The van der Waals surface area contributed by atoms with Gasteiger partial charge in [-0.25, -0.2) is 9.37 Å². The van der Waals surface area contributed by atoms with E-state index in [1.807, 2.05) is 19.1 Å². The molecule has 9 nitrogen and oxygen atoms in total. The predicted octanol–water partition coefficient (Wildman–Crippen LogP) is 3.24. The molecule has 0 radical (unpaired) electrons. The highest BCUT2D eigenvalue weighted by Crippen LogP contribution is 2.37. The van der Waals surface area contributed by atoms with E-state index >= 15 is 0 Å². The van der Waals surface area contributed by atoms with Gasteiger partial charge < -0.3 is 29.9 Å². The lowest BCUT2D eigenvalue weighted by molar-refractivity contribution is -0.106. The summed E-state index contributed by atoms with van der Waals surface area (Å²) >= 11 is 0. The highest BCUT2D eigenvalue weighted by molar-refractivity contribution is 5.89. The molecule has 1 aliphatic heterocycles. The number of aryl methyl sites for hydroxylation is 1. The number of hydrogen-bond donors (Lipinski definition) is 2. The van der Waals surface area contributed by atoms with Crippen molar-refractivity contribution in [2.24, 2.45) is 5.73 Å². The van der Waals surface area contributed by atoms with E-state index in [-0.39, 0.29) is 18.0 Å². The number of carbonyl (C=O) groups is 1. The Balaban J connectivity index is 0.000000730. The number of aromatic nitrogens is 3. The number of primary amides is 1. The van der Waals surface area contributed by atoms with Gasteiger partial charge in [0, 0.05) is 24.2 Å². The van der Waals surface area contributed by atoms with Gasteiger partial charge in [0.05, 0.1) is 18.7 Å². The zero-order chi connectivity index (χ0) is 22.0. The molecule has 2 aromatic carbocycles. The van der Waals surface area contributed by atoms with Crippen LogP contribution in [0.2, 0.25) is 0 Å². The Morgan fingerprint density at radius 3 is 2.81 bits per heavy atom. The number of nitrogens with zero attached hydrogens (tertiary/aromatic N) is 3. The lowest BCUT2D eigenvalue weighted by Crippen LogP contribution is -2.09. The van der Waals surface area contributed by atoms with Gasteiger partial charge in [-0.15, -0.1) is 0 Å². The van der Waals surface area contributed by atoms with Gasteiger partial charge >= 0.3 is 0 Å². The fraction of sp³-hybridized carbons (Fsp3) is 0.286. The van der Waals surface area contributed by atoms with Crippen LogP contribution in [0.3, 0.4) is 0 Å². The highest BCUT2D eigenvalue weighted by atomic mass is 19.1. The lowest BCUT2D eigenvalue weighted by atomic mass is 10.1. The van der Waals surface area contributed by atoms with Gasteiger partial charge in [0.25, 0.3) is 6.01 Å². The molecule has 10 heteroatoms. The first-order valence-corrected chi connectivity index (χ1v) is 9.86. The third-order valence-corrected chi connectivity index (χ3v) is 4.84. The number of fused-ring (bicyclic) bond motifs is 1. The molecule has 4 aromatic rings. The molecule has 0 saturated carbocycles. The number of anilines is 1. The fourth-order valence-corrected chi connectivity index (χ4v) is 3.70. The van der Waals surface area contributed by atoms with Crippen molar-refractivity contribution >= 4 is 34.6 Å². The summed E-state index contributed by atoms with van der Waals surface area (Å²) in [6.45, 7) is 3.88. The molecule has 0 unspecified atom stereocenters. The first-order valence-electron chi connectivity index (χ1n) is 9.86. The summed E-state index contributed by atoms with van der Waals surface area (Å²) in [4.78, 5) is 17.4. The van der Waals surface area contributed by atoms with Crippen LogP contribution in [0.1, 0.15) is 19.8 Å². The fourth-order valence-electron chi connectivity index (χ4n) is 3.70. The molecular formula is C21H22FN5O4. The zero-order valence-electron chi connectivity index (χ0n) is 16.9. The molecule has 1 amide bonds. The van der Waals surface area contributed by atoms with Crippen LogP contribution in [0.4, 0.5) is 10.4 Å². The molecule has 0 fully saturated rings. The second-order valence-electron chi connectivity index (χ2n) is 6.86. The van der Waals surface area contributed by atoms with Crippen molar-refractivity contribution in [1.29, 1.82) is 0 Å². The first-order chi connectivity index (χ1) is 15.0. The number of carbonyl (C=O) groups excluding carboxylic acids is 1. The van der Waals surface area contributed by atoms with Crippen molar-refractivity contribution < 1.29 is 23.1 Å². The number of rotatable bonds is 3. The maximum atomic E-state index is 14.6. The van der Waals surface area contributed by atoms with Crippen LogP contribution in [0.25, 0.3) is 33.5 Å². The lowest BCUT2D eigenvalue weighted by Gasteiger charge is -2.17. The highest BCUT2D eigenvalue weighted by Gasteiger charge is 2.21. The van der Waals surface area contributed by atoms with Crippen LogP contribution in [-0.4, -0.2) is 34.2 Å². The summed E-state index contributed by atoms with van der Waals surface area (Å²) in [5, 5.41) is 0. The van der Waals surface area contributed by atoms with E-state index < -0.39 is 5.82 Å². The first kappa shape index (κ1) is 20.5. The van der Waals surface area contributed by atoms with E-state index in [0.717, 1.165) is 36.2 Å². The molecular weight excluding hydrogens is 405 g/mol. The van der Waals surface area contributed by atoms with Crippen molar-refractivity contribution in [2.45, 2.75) is 26.3 Å². The quantitative estimate of drug-likeness (QED) is 0.480. The molecule has 0 bridgehead atoms. The minimum atomic E-state index is -0.520. The Labute approximate surface area is 176 Å². The molecule has 31 heavy (non-hydrogen) atoms. The van der Waals surface area contributed by atoms with Gasteiger partial charge in [-0.2, -0.15) is 4.98 Å². The van der Waals surface area contributed by atoms with Gasteiger partial charge in [0.15, 0.2) is 11.4 Å². The third-order valence-electron chi connectivity index (χ3n) is 4.84. The summed E-state index contributed by atoms with van der Waals surface area (Å²) in [6, 6.07) is 6.86. The molecule has 1 aliphatic rings. The van der Waals surface area contributed by atoms with Crippen molar-refractivity contribution in [2.75, 3.05) is 18.9 Å². The van der Waals surface area contributed by atoms with Crippen LogP contribution in [-0.2, 0) is 11.3 Å². The summed E-state index contributed by atoms with van der Waals surface area (Å²) < 4.78 is 33.4. The van der Waals surface area contributed by atoms with E-state index in [2.05, 4.69) is 15.3 Å². The van der Waals surface area contributed by atoms with Crippen molar-refractivity contribution in [3.05, 3.63) is 30.1 Å². The molecule has 2 aromatic heterocycles. The molecule has 162 valence electrons. The predicted molar refractivity (Wildman–Crippen MR) is 113 cm³/mol. The number of nitrogen functional groups attached to an aromatic ring is 1. The Hall–Kier alpha value is -3.82. The second-order valence-corrected chi connectivity index (χ2v) is 6.86. The number of nitrogens with two attached hydrogens (primary N) is 2. The number of amides is 1. The van der Waals surface area contributed by atoms with Gasteiger partial charge in [-0.1, -0.05) is 0 Å². The number of benzene rings is 2. The van der Waals surface area contributed by atoms with E-state index in [4.69, 9.17) is 29.4 Å². The number of halogens is 1. The number of oxazole rings is 1. The Kier molecular flexibility index (Phi) is 5.61. The van der Waals surface area contributed by atoms with E-state index in [1.165, 1.54) is 6.07 Å². The average molecular weight is 427 g/mol. The second kappa shape index (κ2) is 8.50. The maximum Gasteiger partial charge on any atom is 0.293 e. The summed E-state index contributed by atoms with van der Waals surface area (Å²) in [5.41, 5.74) is 12.4. The summed E-state index contributed by atoms with van der Waals surface area (Å²) in [7, 11) is 0. The van der Waals surface area contributed by atoms with E-state index in [9.17, 15) is 4.39 Å². The van der Waals surface area contributed by atoms with Crippen molar-refractivity contribution in [1.82, 2.24) is 14.5 Å². The smallest absolute Gasteiger partial charge is 0.293 e.